The van der Waals surface area contributed by atoms with Crippen molar-refractivity contribution in [2.24, 2.45) is 7.05 Å². The average molecular weight is 390 g/mol. The van der Waals surface area contributed by atoms with E-state index in [4.69, 9.17) is 14.5 Å². The molecule has 0 fully saturated rings. The topological polar surface area (TPSA) is 68.3 Å². The summed E-state index contributed by atoms with van der Waals surface area (Å²) in [6.45, 7) is 0. The van der Waals surface area contributed by atoms with Crippen LogP contribution in [-0.4, -0.2) is 20.6 Å². The Hall–Kier alpha value is -3.25. The second-order valence-electron chi connectivity index (χ2n) is 6.24. The summed E-state index contributed by atoms with van der Waals surface area (Å²) in [6, 6.07) is 23.4. The molecule has 0 saturated heterocycles. The van der Waals surface area contributed by atoms with E-state index in [-0.39, 0.29) is 5.76 Å². The van der Waals surface area contributed by atoms with Crippen LogP contribution in [0.2, 0.25) is 0 Å². The van der Waals surface area contributed by atoms with Crippen LogP contribution in [0.4, 0.5) is 0 Å². The highest BCUT2D eigenvalue weighted by Gasteiger charge is 2.19. The molecule has 4 rings (SSSR count). The van der Waals surface area contributed by atoms with Crippen LogP contribution in [0.15, 0.2) is 82.4 Å². The van der Waals surface area contributed by atoms with Crippen LogP contribution in [0.3, 0.4) is 0 Å². The van der Waals surface area contributed by atoms with Crippen LogP contribution >= 0.6 is 11.8 Å². The van der Waals surface area contributed by atoms with Crippen molar-refractivity contribution < 1.29 is 14.3 Å². The zero-order chi connectivity index (χ0) is 19.5. The lowest BCUT2D eigenvalue weighted by Gasteiger charge is -2.07. The molecule has 0 aliphatic heterocycles. The molecule has 0 unspecified atom stereocenters. The molecule has 0 radical (unpaired) electrons. The molecule has 4 aromatic rings. The van der Waals surface area contributed by atoms with Crippen molar-refractivity contribution in [2.75, 3.05) is 0 Å². The minimum atomic E-state index is -1.06. The Labute approximate surface area is 166 Å². The number of thioether (sulfide) groups is 1. The van der Waals surface area contributed by atoms with E-state index in [1.165, 1.54) is 17.8 Å². The van der Waals surface area contributed by atoms with E-state index < -0.39 is 5.97 Å². The molecule has 0 atom stereocenters. The molecular weight excluding hydrogens is 372 g/mol. The number of furan rings is 1. The average Bonchev–Trinajstić information content (AvgIpc) is 3.32. The van der Waals surface area contributed by atoms with Gasteiger partial charge >= 0.3 is 5.97 Å². The molecule has 5 nitrogen and oxygen atoms in total. The first-order chi connectivity index (χ1) is 13.6. The van der Waals surface area contributed by atoms with Crippen LogP contribution in [0, 0.1) is 0 Å². The lowest BCUT2D eigenvalue weighted by atomic mass is 10.1. The van der Waals surface area contributed by atoms with Gasteiger partial charge in [0.25, 0.3) is 0 Å². The maximum absolute atomic E-state index is 11.0. The van der Waals surface area contributed by atoms with Gasteiger partial charge in [0.1, 0.15) is 5.76 Å². The second-order valence-corrected chi connectivity index (χ2v) is 7.18. The zero-order valence-corrected chi connectivity index (χ0v) is 16.0. The minimum Gasteiger partial charge on any atom is -0.475 e. The molecule has 6 heteroatoms. The SMILES string of the molecule is Cn1c(SCc2ccc(C(=O)O)o2)nc(-c2ccccc2)c1-c1ccccc1. The van der Waals surface area contributed by atoms with Crippen molar-refractivity contribution >= 4 is 17.7 Å². The summed E-state index contributed by atoms with van der Waals surface area (Å²) in [5, 5.41) is 9.84. The third kappa shape index (κ3) is 3.59. The van der Waals surface area contributed by atoms with Crippen LogP contribution in [0.25, 0.3) is 22.5 Å². The van der Waals surface area contributed by atoms with E-state index in [9.17, 15) is 4.79 Å². The first-order valence-corrected chi connectivity index (χ1v) is 9.74. The number of aromatic nitrogens is 2. The highest BCUT2D eigenvalue weighted by Crippen LogP contribution is 2.35. The van der Waals surface area contributed by atoms with Gasteiger partial charge in [0.2, 0.25) is 5.76 Å². The van der Waals surface area contributed by atoms with Crippen molar-refractivity contribution in [3.8, 4) is 22.5 Å². The fourth-order valence-corrected chi connectivity index (χ4v) is 3.90. The summed E-state index contributed by atoms with van der Waals surface area (Å²) < 4.78 is 7.43. The van der Waals surface area contributed by atoms with E-state index in [1.54, 1.807) is 6.07 Å². The van der Waals surface area contributed by atoms with E-state index in [2.05, 4.69) is 28.8 Å². The Kier molecular flexibility index (Phi) is 5.04. The molecular formula is C22H18N2O3S. The molecule has 0 spiro atoms. The Morgan fingerprint density at radius 3 is 2.25 bits per heavy atom. The number of benzene rings is 2. The first kappa shape index (κ1) is 18.1. The standard InChI is InChI=1S/C22H18N2O3S/c1-24-20(16-10-6-3-7-11-16)19(15-8-4-2-5-9-15)23-22(24)28-14-17-12-13-18(27-17)21(25)26/h2-13H,14H2,1H3,(H,25,26). The molecule has 1 N–H and O–H groups in total. The summed E-state index contributed by atoms with van der Waals surface area (Å²) in [5.41, 5.74) is 4.10. The highest BCUT2D eigenvalue weighted by atomic mass is 32.2. The van der Waals surface area contributed by atoms with Gasteiger partial charge in [-0.15, -0.1) is 0 Å². The zero-order valence-electron chi connectivity index (χ0n) is 15.2. The van der Waals surface area contributed by atoms with Gasteiger partial charge in [-0.2, -0.15) is 0 Å². The van der Waals surface area contributed by atoms with Gasteiger partial charge in [-0.25, -0.2) is 9.78 Å². The largest absolute Gasteiger partial charge is 0.475 e. The van der Waals surface area contributed by atoms with Gasteiger partial charge in [0.15, 0.2) is 5.16 Å². The predicted octanol–water partition coefficient (Wildman–Crippen LogP) is 5.34. The van der Waals surface area contributed by atoms with E-state index in [0.29, 0.717) is 11.5 Å². The van der Waals surface area contributed by atoms with Crippen molar-refractivity contribution in [3.63, 3.8) is 0 Å². The van der Waals surface area contributed by atoms with Crippen LogP contribution in [0.1, 0.15) is 16.3 Å². The van der Waals surface area contributed by atoms with E-state index in [0.717, 1.165) is 27.7 Å². The number of rotatable bonds is 6. The first-order valence-electron chi connectivity index (χ1n) is 8.76. The molecule has 140 valence electrons. The summed E-state index contributed by atoms with van der Waals surface area (Å²) in [6.07, 6.45) is 0. The van der Waals surface area contributed by atoms with Crippen molar-refractivity contribution in [1.29, 1.82) is 0 Å². The van der Waals surface area contributed by atoms with E-state index >= 15 is 0 Å². The van der Waals surface area contributed by atoms with Crippen molar-refractivity contribution in [2.45, 2.75) is 10.9 Å². The third-order valence-corrected chi connectivity index (χ3v) is 5.42. The van der Waals surface area contributed by atoms with Crippen LogP contribution in [0.5, 0.6) is 0 Å². The summed E-state index contributed by atoms with van der Waals surface area (Å²) in [5.74, 6) is -0.00934. The minimum absolute atomic E-state index is 0.0506. The lowest BCUT2D eigenvalue weighted by Crippen LogP contribution is -1.95. The molecule has 0 amide bonds. The van der Waals surface area contributed by atoms with Gasteiger partial charge in [-0.3, -0.25) is 0 Å². The van der Waals surface area contributed by atoms with Gasteiger partial charge in [-0.1, -0.05) is 72.4 Å². The number of aromatic carboxylic acids is 1. The summed E-state index contributed by atoms with van der Waals surface area (Å²) in [4.78, 5) is 15.9. The number of carboxylic acid groups (broad SMARTS) is 1. The number of hydrogen-bond donors (Lipinski definition) is 1. The molecule has 0 saturated carbocycles. The van der Waals surface area contributed by atoms with Gasteiger partial charge < -0.3 is 14.1 Å². The second kappa shape index (κ2) is 7.78. The Morgan fingerprint density at radius 2 is 1.64 bits per heavy atom. The normalized spacial score (nSPS) is 10.9. The maximum atomic E-state index is 11.0. The highest BCUT2D eigenvalue weighted by molar-refractivity contribution is 7.98. The van der Waals surface area contributed by atoms with Crippen LogP contribution < -0.4 is 0 Å². The van der Waals surface area contributed by atoms with E-state index in [1.807, 2.05) is 43.4 Å². The molecule has 0 bridgehead atoms. The molecule has 2 aromatic carbocycles. The summed E-state index contributed by atoms with van der Waals surface area (Å²) in [7, 11) is 1.99. The Bertz CT molecular complexity index is 1100. The number of imidazole rings is 1. The van der Waals surface area contributed by atoms with Gasteiger partial charge in [-0.05, 0) is 12.1 Å². The third-order valence-electron chi connectivity index (χ3n) is 4.36. The van der Waals surface area contributed by atoms with Gasteiger partial charge in [0, 0.05) is 18.2 Å². The smallest absolute Gasteiger partial charge is 0.371 e. The lowest BCUT2D eigenvalue weighted by molar-refractivity contribution is 0.0661. The fraction of sp³-hybridized carbons (Fsp3) is 0.0909. The number of hydrogen-bond acceptors (Lipinski definition) is 4. The van der Waals surface area contributed by atoms with Gasteiger partial charge in [0.05, 0.1) is 17.1 Å². The predicted molar refractivity (Wildman–Crippen MR) is 109 cm³/mol. The number of carboxylic acids is 1. The van der Waals surface area contributed by atoms with Crippen molar-refractivity contribution in [3.05, 3.63) is 84.3 Å². The maximum Gasteiger partial charge on any atom is 0.371 e. The fourth-order valence-electron chi connectivity index (χ4n) is 3.04. The molecule has 28 heavy (non-hydrogen) atoms. The summed E-state index contributed by atoms with van der Waals surface area (Å²) >= 11 is 1.51. The molecule has 0 aliphatic carbocycles. The molecule has 0 aliphatic rings. The van der Waals surface area contributed by atoms with Crippen molar-refractivity contribution in [1.82, 2.24) is 9.55 Å². The Morgan fingerprint density at radius 1 is 1.00 bits per heavy atom. The number of nitrogens with zero attached hydrogens (tertiary/aromatic N) is 2. The number of carbonyl (C=O) groups is 1. The van der Waals surface area contributed by atoms with Crippen LogP contribution in [-0.2, 0) is 12.8 Å². The molecule has 2 aromatic heterocycles. The monoisotopic (exact) mass is 390 g/mol. The molecule has 2 heterocycles. The quantitative estimate of drug-likeness (QED) is 0.450. The Balaban J connectivity index is 1.70.